The van der Waals surface area contributed by atoms with Gasteiger partial charge in [-0.15, -0.1) is 0 Å². The van der Waals surface area contributed by atoms with Gasteiger partial charge in [-0.3, -0.25) is 18.7 Å². The zero-order valence-corrected chi connectivity index (χ0v) is 14.7. The van der Waals surface area contributed by atoms with Gasteiger partial charge < -0.3 is 30.0 Å². The van der Waals surface area contributed by atoms with Crippen LogP contribution in [0.25, 0.3) is 0 Å². The Labute approximate surface area is 133 Å². The van der Waals surface area contributed by atoms with Crippen LogP contribution >= 0.6 is 15.2 Å². The van der Waals surface area contributed by atoms with Crippen molar-refractivity contribution in [2.75, 3.05) is 6.54 Å². The van der Waals surface area contributed by atoms with E-state index in [4.69, 9.17) is 19.6 Å². The average Bonchev–Trinajstić information content (AvgIpc) is 2.37. The summed E-state index contributed by atoms with van der Waals surface area (Å²) in [5.41, 5.74) is 0. The van der Waals surface area contributed by atoms with Gasteiger partial charge in [-0.1, -0.05) is 13.8 Å². The molecule has 1 amide bonds. The number of carbonyl (C=O) groups is 2. The topological polar surface area (TPSA) is 181 Å². The number of rotatable bonds is 10. The summed E-state index contributed by atoms with van der Waals surface area (Å²) in [5, 5.41) is 8.47. The van der Waals surface area contributed by atoms with Gasteiger partial charge in [-0.2, -0.15) is 0 Å². The van der Waals surface area contributed by atoms with Crippen LogP contribution in [0.4, 0.5) is 0 Å². The number of ketones is 1. The van der Waals surface area contributed by atoms with Gasteiger partial charge in [-0.25, -0.2) is 0 Å². The molecule has 10 nitrogen and oxygen atoms in total. The summed E-state index contributed by atoms with van der Waals surface area (Å²) in [6.07, 6.45) is -1.17. The lowest BCUT2D eigenvalue weighted by Gasteiger charge is -2.29. The molecule has 12 heteroatoms. The molecule has 0 bridgehead atoms. The van der Waals surface area contributed by atoms with Crippen molar-refractivity contribution in [2.24, 2.45) is 5.92 Å². The molecule has 0 aromatic heterocycles. The van der Waals surface area contributed by atoms with Crippen molar-refractivity contribution in [1.82, 2.24) is 5.32 Å². The Morgan fingerprint density at radius 2 is 1.52 bits per heavy atom. The summed E-state index contributed by atoms with van der Waals surface area (Å²) in [6.45, 7) is 3.24. The van der Waals surface area contributed by atoms with Crippen molar-refractivity contribution in [1.29, 1.82) is 0 Å². The van der Waals surface area contributed by atoms with Crippen LogP contribution in [-0.2, 0) is 18.7 Å². The van der Waals surface area contributed by atoms with Crippen molar-refractivity contribution in [3.05, 3.63) is 0 Å². The highest BCUT2D eigenvalue weighted by Crippen LogP contribution is 2.69. The molecule has 0 fully saturated rings. The lowest BCUT2D eigenvalue weighted by molar-refractivity contribution is -0.126. The highest BCUT2D eigenvalue weighted by Gasteiger charge is 2.58. The molecule has 0 heterocycles. The maximum absolute atomic E-state index is 11.5. The van der Waals surface area contributed by atoms with Crippen molar-refractivity contribution < 1.29 is 43.4 Å². The fourth-order valence-corrected chi connectivity index (χ4v) is 3.88. The summed E-state index contributed by atoms with van der Waals surface area (Å²) in [7, 11) is -10.9. The Morgan fingerprint density at radius 1 is 1.04 bits per heavy atom. The molecule has 0 aliphatic carbocycles. The monoisotopic (exact) mass is 375 g/mol. The number of hydrogen-bond acceptors (Lipinski definition) is 5. The molecule has 136 valence electrons. The van der Waals surface area contributed by atoms with Crippen molar-refractivity contribution >= 4 is 26.9 Å². The third-order valence-corrected chi connectivity index (χ3v) is 7.06. The first-order chi connectivity index (χ1) is 10.2. The van der Waals surface area contributed by atoms with Crippen LogP contribution in [0.2, 0.25) is 0 Å². The zero-order valence-electron chi connectivity index (χ0n) is 12.9. The second kappa shape index (κ2) is 8.48. The van der Waals surface area contributed by atoms with Crippen LogP contribution in [0.15, 0.2) is 0 Å². The Hall–Kier alpha value is -0.600. The van der Waals surface area contributed by atoms with Gasteiger partial charge in [0.25, 0.3) is 5.08 Å². The number of aliphatic hydroxyl groups is 1. The smallest absolute Gasteiger partial charge is 0.368 e. The molecule has 0 aromatic carbocycles. The molecule has 0 saturated carbocycles. The van der Waals surface area contributed by atoms with E-state index in [1.54, 1.807) is 13.8 Å². The van der Waals surface area contributed by atoms with Gasteiger partial charge in [0.15, 0.2) is 0 Å². The molecule has 6 N–H and O–H groups in total. The van der Waals surface area contributed by atoms with Crippen molar-refractivity contribution in [3.63, 3.8) is 0 Å². The second-order valence-electron chi connectivity index (χ2n) is 5.44. The predicted octanol–water partition coefficient (Wildman–Crippen LogP) is -0.110. The molecule has 23 heavy (non-hydrogen) atoms. The van der Waals surface area contributed by atoms with E-state index in [0.29, 0.717) is 0 Å². The molecular weight excluding hydrogens is 352 g/mol. The van der Waals surface area contributed by atoms with Gasteiger partial charge in [-0.05, 0) is 6.42 Å². The molecule has 0 aromatic rings. The molecule has 0 radical (unpaired) electrons. The standard InChI is InChI=1S/C11H23NO9P2/c1-8(2)9(13)4-5-10(14)12-7-3-6-11(15,22(16,17)18)23(19,20)21/h8,15H,3-7H2,1-2H3,(H,12,14)(H2,16,17,18)(H2,19,20,21). The van der Waals surface area contributed by atoms with E-state index in [1.165, 1.54) is 0 Å². The third kappa shape index (κ3) is 6.81. The number of Topliss-reactive ketones (excluding diaryl/α,β-unsaturated/α-hetero) is 1. The number of carbonyl (C=O) groups excluding carboxylic acids is 2. The first kappa shape index (κ1) is 22.4. The van der Waals surface area contributed by atoms with E-state index >= 15 is 0 Å². The summed E-state index contributed by atoms with van der Waals surface area (Å²) in [5.74, 6) is -0.753. The van der Waals surface area contributed by atoms with Crippen molar-refractivity contribution in [3.8, 4) is 0 Å². The number of hydrogen-bond donors (Lipinski definition) is 6. The van der Waals surface area contributed by atoms with Crippen LogP contribution in [0.1, 0.15) is 39.5 Å². The predicted molar refractivity (Wildman–Crippen MR) is 80.4 cm³/mol. The molecule has 0 aliphatic rings. The zero-order chi connectivity index (χ0) is 18.5. The van der Waals surface area contributed by atoms with Crippen molar-refractivity contribution in [2.45, 2.75) is 44.6 Å². The summed E-state index contributed by atoms with van der Waals surface area (Å²) >= 11 is 0. The quantitative estimate of drug-likeness (QED) is 0.224. The molecular formula is C11H23NO9P2. The Bertz CT molecular complexity index is 500. The van der Waals surface area contributed by atoms with E-state index in [2.05, 4.69) is 5.32 Å². The Morgan fingerprint density at radius 3 is 1.91 bits per heavy atom. The van der Waals surface area contributed by atoms with Crippen LogP contribution in [0, 0.1) is 5.92 Å². The number of amides is 1. The van der Waals surface area contributed by atoms with E-state index in [0.717, 1.165) is 0 Å². The molecule has 0 rings (SSSR count). The molecule has 0 spiro atoms. The van der Waals surface area contributed by atoms with Crippen LogP contribution in [0.3, 0.4) is 0 Å². The largest absolute Gasteiger partial charge is 0.369 e. The Balaban J connectivity index is 4.39. The molecule has 0 saturated heterocycles. The molecule has 0 aliphatic heterocycles. The minimum atomic E-state index is -5.47. The van der Waals surface area contributed by atoms with E-state index in [1.807, 2.05) is 0 Å². The average molecular weight is 375 g/mol. The molecule has 0 atom stereocenters. The third-order valence-electron chi connectivity index (χ3n) is 3.19. The summed E-state index contributed by atoms with van der Waals surface area (Å²) < 4.78 is 22.2. The second-order valence-corrected chi connectivity index (χ2v) is 9.45. The van der Waals surface area contributed by atoms with Gasteiger partial charge in [0.05, 0.1) is 0 Å². The van der Waals surface area contributed by atoms with Gasteiger partial charge in [0.1, 0.15) is 5.78 Å². The summed E-state index contributed by atoms with van der Waals surface area (Å²) in [6, 6.07) is 0. The van der Waals surface area contributed by atoms with E-state index < -0.39 is 32.6 Å². The Kier molecular flexibility index (Phi) is 8.26. The molecule has 0 unspecified atom stereocenters. The van der Waals surface area contributed by atoms with Crippen LogP contribution < -0.4 is 5.32 Å². The normalized spacial score (nSPS) is 13.2. The minimum absolute atomic E-state index is 0.0540. The number of nitrogens with one attached hydrogen (secondary N) is 1. The van der Waals surface area contributed by atoms with Gasteiger partial charge in [0, 0.05) is 31.7 Å². The lowest BCUT2D eigenvalue weighted by atomic mass is 10.0. The maximum Gasteiger partial charge on any atom is 0.369 e. The first-order valence-electron chi connectivity index (χ1n) is 6.85. The highest BCUT2D eigenvalue weighted by molar-refractivity contribution is 7.72. The first-order valence-corrected chi connectivity index (χ1v) is 10.1. The fourth-order valence-electron chi connectivity index (χ4n) is 1.63. The minimum Gasteiger partial charge on any atom is -0.368 e. The maximum atomic E-state index is 11.5. The lowest BCUT2D eigenvalue weighted by Crippen LogP contribution is -2.31. The van der Waals surface area contributed by atoms with E-state index in [9.17, 15) is 23.8 Å². The van der Waals surface area contributed by atoms with Crippen LogP contribution in [-0.4, -0.2) is 48.0 Å². The van der Waals surface area contributed by atoms with Crippen LogP contribution in [0.5, 0.6) is 0 Å². The highest BCUT2D eigenvalue weighted by atomic mass is 31.2. The SMILES string of the molecule is CC(C)C(=O)CCC(=O)NCCCC(O)(P(=O)(O)O)P(=O)(O)O. The fraction of sp³-hybridized carbons (Fsp3) is 0.818. The van der Waals surface area contributed by atoms with E-state index in [-0.39, 0.29) is 37.5 Å². The van der Waals surface area contributed by atoms with Gasteiger partial charge in [0.2, 0.25) is 5.91 Å². The summed E-state index contributed by atoms with van der Waals surface area (Å²) in [4.78, 5) is 58.5. The van der Waals surface area contributed by atoms with Gasteiger partial charge >= 0.3 is 15.2 Å².